The molecule has 2 rings (SSSR count). The van der Waals surface area contributed by atoms with E-state index < -0.39 is 0 Å². The number of nitrogens with zero attached hydrogens (tertiary/aromatic N) is 4. The van der Waals surface area contributed by atoms with Gasteiger partial charge in [-0.15, -0.1) is 15.0 Å². The summed E-state index contributed by atoms with van der Waals surface area (Å²) in [7, 11) is 0. The molecule has 2 N–H and O–H groups in total. The molecule has 1 heterocycles. The van der Waals surface area contributed by atoms with Crippen LogP contribution in [0.2, 0.25) is 0 Å². The van der Waals surface area contributed by atoms with Gasteiger partial charge in [-0.25, -0.2) is 0 Å². The fourth-order valence-electron chi connectivity index (χ4n) is 1.16. The van der Waals surface area contributed by atoms with Gasteiger partial charge in [-0.1, -0.05) is 15.9 Å². The molecule has 78 valence electrons. The smallest absolute Gasteiger partial charge is 0.176 e. The molecule has 2 aromatic rings. The van der Waals surface area contributed by atoms with Crippen LogP contribution in [-0.4, -0.2) is 26.8 Å². The molecule has 1 aromatic heterocycles. The van der Waals surface area contributed by atoms with Crippen LogP contribution in [0.1, 0.15) is 5.82 Å². The minimum absolute atomic E-state index is 0.534. The maximum Gasteiger partial charge on any atom is 0.176 e. The Balaban J connectivity index is 2.25. The van der Waals surface area contributed by atoms with Crippen molar-refractivity contribution in [2.75, 3.05) is 6.54 Å². The van der Waals surface area contributed by atoms with Gasteiger partial charge >= 0.3 is 0 Å². The molecule has 0 atom stereocenters. The number of aromatic nitrogens is 4. The summed E-state index contributed by atoms with van der Waals surface area (Å²) in [4.78, 5) is 1.50. The van der Waals surface area contributed by atoms with Crippen LogP contribution >= 0.6 is 15.9 Å². The van der Waals surface area contributed by atoms with E-state index in [1.54, 1.807) is 0 Å². The standard InChI is InChI=1S/C9H10BrN5/c10-7-1-3-8(4-2-7)15-13-9(5-6-11)12-14-15/h1-4H,5-6,11H2. The number of tetrazole rings is 1. The average molecular weight is 268 g/mol. The quantitative estimate of drug-likeness (QED) is 0.898. The third-order valence-corrected chi connectivity index (χ3v) is 2.41. The van der Waals surface area contributed by atoms with Crippen molar-refractivity contribution in [1.29, 1.82) is 0 Å². The minimum Gasteiger partial charge on any atom is -0.330 e. The zero-order chi connectivity index (χ0) is 10.7. The van der Waals surface area contributed by atoms with Gasteiger partial charge in [0.25, 0.3) is 0 Å². The highest BCUT2D eigenvalue weighted by Gasteiger charge is 2.03. The molecular formula is C9H10BrN5. The number of halogens is 1. The van der Waals surface area contributed by atoms with Crippen LogP contribution < -0.4 is 5.73 Å². The predicted molar refractivity (Wildman–Crippen MR) is 59.6 cm³/mol. The van der Waals surface area contributed by atoms with Crippen molar-refractivity contribution < 1.29 is 0 Å². The first-order chi connectivity index (χ1) is 7.29. The minimum atomic E-state index is 0.534. The predicted octanol–water partition coefficient (Wildman–Crippen LogP) is 0.926. The van der Waals surface area contributed by atoms with Crippen LogP contribution in [0.5, 0.6) is 0 Å². The summed E-state index contributed by atoms with van der Waals surface area (Å²) in [6.45, 7) is 0.534. The summed E-state index contributed by atoms with van der Waals surface area (Å²) in [6.07, 6.45) is 0.649. The summed E-state index contributed by atoms with van der Waals surface area (Å²) in [5.41, 5.74) is 6.29. The second-order valence-corrected chi connectivity index (χ2v) is 3.93. The lowest BCUT2D eigenvalue weighted by atomic mass is 10.3. The molecule has 0 fully saturated rings. The first kappa shape index (κ1) is 10.3. The molecular weight excluding hydrogens is 258 g/mol. The number of hydrogen-bond acceptors (Lipinski definition) is 4. The number of benzene rings is 1. The number of nitrogens with two attached hydrogens (primary N) is 1. The molecule has 0 spiro atoms. The van der Waals surface area contributed by atoms with E-state index in [2.05, 4.69) is 31.3 Å². The van der Waals surface area contributed by atoms with E-state index in [9.17, 15) is 0 Å². The van der Waals surface area contributed by atoms with Crippen LogP contribution in [0.25, 0.3) is 5.69 Å². The lowest BCUT2D eigenvalue weighted by molar-refractivity contribution is 0.717. The SMILES string of the molecule is NCCc1nnn(-c2ccc(Br)cc2)n1. The third-order valence-electron chi connectivity index (χ3n) is 1.88. The molecule has 0 radical (unpaired) electrons. The van der Waals surface area contributed by atoms with Gasteiger partial charge in [0.15, 0.2) is 5.82 Å². The van der Waals surface area contributed by atoms with E-state index in [0.29, 0.717) is 18.8 Å². The van der Waals surface area contributed by atoms with E-state index in [1.165, 1.54) is 4.80 Å². The zero-order valence-corrected chi connectivity index (χ0v) is 9.55. The van der Waals surface area contributed by atoms with Gasteiger partial charge in [-0.05, 0) is 36.0 Å². The number of rotatable bonds is 3. The van der Waals surface area contributed by atoms with Crippen LogP contribution in [0.15, 0.2) is 28.7 Å². The molecule has 1 aromatic carbocycles. The molecule has 0 aliphatic rings. The average Bonchev–Trinajstić information content (AvgIpc) is 2.68. The molecule has 6 heteroatoms. The molecule has 0 bridgehead atoms. The van der Waals surface area contributed by atoms with E-state index in [0.717, 1.165) is 10.2 Å². The van der Waals surface area contributed by atoms with Gasteiger partial charge in [0.2, 0.25) is 0 Å². The van der Waals surface area contributed by atoms with Crippen molar-refractivity contribution in [1.82, 2.24) is 20.2 Å². The van der Waals surface area contributed by atoms with E-state index >= 15 is 0 Å². The maximum absolute atomic E-state index is 5.41. The van der Waals surface area contributed by atoms with Crippen LogP contribution in [-0.2, 0) is 6.42 Å². The third kappa shape index (κ3) is 2.40. The van der Waals surface area contributed by atoms with E-state index in [-0.39, 0.29) is 0 Å². The van der Waals surface area contributed by atoms with E-state index in [1.807, 2.05) is 24.3 Å². The highest BCUT2D eigenvalue weighted by Crippen LogP contribution is 2.12. The lowest BCUT2D eigenvalue weighted by Crippen LogP contribution is -2.05. The highest BCUT2D eigenvalue weighted by molar-refractivity contribution is 9.10. The van der Waals surface area contributed by atoms with Crippen molar-refractivity contribution >= 4 is 15.9 Å². The van der Waals surface area contributed by atoms with Gasteiger partial charge in [-0.3, -0.25) is 0 Å². The van der Waals surface area contributed by atoms with Crippen LogP contribution in [0, 0.1) is 0 Å². The summed E-state index contributed by atoms with van der Waals surface area (Å²) in [5, 5.41) is 12.0. The first-order valence-electron chi connectivity index (χ1n) is 4.54. The summed E-state index contributed by atoms with van der Waals surface area (Å²) in [6, 6.07) is 7.69. The molecule has 0 amide bonds. The molecule has 0 saturated carbocycles. The van der Waals surface area contributed by atoms with Gasteiger partial charge in [0.1, 0.15) is 0 Å². The second kappa shape index (κ2) is 4.50. The molecule has 0 unspecified atom stereocenters. The Morgan fingerprint density at radius 1 is 1.27 bits per heavy atom. The lowest BCUT2D eigenvalue weighted by Gasteiger charge is -1.97. The zero-order valence-electron chi connectivity index (χ0n) is 7.97. The Hall–Kier alpha value is -1.27. The fourth-order valence-corrected chi connectivity index (χ4v) is 1.42. The van der Waals surface area contributed by atoms with Crippen LogP contribution in [0.3, 0.4) is 0 Å². The molecule has 15 heavy (non-hydrogen) atoms. The summed E-state index contributed by atoms with van der Waals surface area (Å²) < 4.78 is 1.02. The Morgan fingerprint density at radius 3 is 2.67 bits per heavy atom. The van der Waals surface area contributed by atoms with Crippen molar-refractivity contribution in [3.8, 4) is 5.69 Å². The monoisotopic (exact) mass is 267 g/mol. The summed E-state index contributed by atoms with van der Waals surface area (Å²) >= 11 is 3.37. The molecule has 0 aliphatic carbocycles. The van der Waals surface area contributed by atoms with E-state index in [4.69, 9.17) is 5.73 Å². The van der Waals surface area contributed by atoms with Gasteiger partial charge in [0, 0.05) is 10.9 Å². The Morgan fingerprint density at radius 2 is 2.00 bits per heavy atom. The van der Waals surface area contributed by atoms with Gasteiger partial charge in [-0.2, -0.15) is 0 Å². The van der Waals surface area contributed by atoms with Crippen molar-refractivity contribution in [2.45, 2.75) is 6.42 Å². The molecule has 0 saturated heterocycles. The Kier molecular flexibility index (Phi) is 3.08. The molecule has 0 aliphatic heterocycles. The number of hydrogen-bond donors (Lipinski definition) is 1. The normalized spacial score (nSPS) is 10.5. The Bertz CT molecular complexity index is 436. The Labute approximate surface area is 95.4 Å². The molecule has 5 nitrogen and oxygen atoms in total. The topological polar surface area (TPSA) is 69.6 Å². The summed E-state index contributed by atoms with van der Waals surface area (Å²) in [5.74, 6) is 0.667. The second-order valence-electron chi connectivity index (χ2n) is 3.01. The maximum atomic E-state index is 5.41. The highest BCUT2D eigenvalue weighted by atomic mass is 79.9. The van der Waals surface area contributed by atoms with Gasteiger partial charge in [0.05, 0.1) is 5.69 Å². The largest absolute Gasteiger partial charge is 0.330 e. The van der Waals surface area contributed by atoms with Crippen molar-refractivity contribution in [3.63, 3.8) is 0 Å². The van der Waals surface area contributed by atoms with Crippen molar-refractivity contribution in [2.24, 2.45) is 5.73 Å². The van der Waals surface area contributed by atoms with Crippen LogP contribution in [0.4, 0.5) is 0 Å². The van der Waals surface area contributed by atoms with Crippen molar-refractivity contribution in [3.05, 3.63) is 34.6 Å². The van der Waals surface area contributed by atoms with Gasteiger partial charge < -0.3 is 5.73 Å². The fraction of sp³-hybridized carbons (Fsp3) is 0.222. The first-order valence-corrected chi connectivity index (χ1v) is 5.34.